The van der Waals surface area contributed by atoms with Crippen molar-refractivity contribution in [1.82, 2.24) is 15.1 Å². The second kappa shape index (κ2) is 15.1. The topological polar surface area (TPSA) is 105 Å². The number of piperazine rings is 1. The summed E-state index contributed by atoms with van der Waals surface area (Å²) in [5.41, 5.74) is 7.94. The van der Waals surface area contributed by atoms with E-state index < -0.39 is 17.6 Å². The van der Waals surface area contributed by atoms with Gasteiger partial charge in [0, 0.05) is 32.1 Å². The van der Waals surface area contributed by atoms with E-state index in [9.17, 15) is 14.4 Å². The van der Waals surface area contributed by atoms with E-state index in [1.807, 2.05) is 48.2 Å². The van der Waals surface area contributed by atoms with E-state index in [1.165, 1.54) is 5.56 Å². The molecule has 2 aliphatic heterocycles. The standard InChI is InChI=1S/C33H46N4O4/c1-2-21-37-31(39)30(28(34)17-11-18-29(38)41-25-27-15-7-4-8-16-27)35-32(40)33(37)19-23-36(24-20-33)22-10-9-14-26-12-5-3-6-13-26/h3-8,12-13,15-16,28,30H,2,9-11,14,17-25,34H2,1H3,(H,35,40)/t28?,30-/m1/s1. The molecule has 0 aromatic heterocycles. The molecule has 4 rings (SSSR count). The summed E-state index contributed by atoms with van der Waals surface area (Å²) in [6.45, 7) is 5.42. The third-order valence-corrected chi connectivity index (χ3v) is 8.51. The number of aryl methyl sites for hydroxylation is 1. The smallest absolute Gasteiger partial charge is 0.306 e. The van der Waals surface area contributed by atoms with Gasteiger partial charge in [-0.1, -0.05) is 67.6 Å². The summed E-state index contributed by atoms with van der Waals surface area (Å²) < 4.78 is 5.35. The summed E-state index contributed by atoms with van der Waals surface area (Å²) in [6.07, 6.45) is 6.54. The quantitative estimate of drug-likeness (QED) is 0.268. The minimum absolute atomic E-state index is 0.0861. The number of carbonyl (C=O) groups excluding carboxylic acids is 3. The van der Waals surface area contributed by atoms with E-state index >= 15 is 0 Å². The van der Waals surface area contributed by atoms with E-state index in [0.29, 0.717) is 32.2 Å². The minimum atomic E-state index is -0.800. The monoisotopic (exact) mass is 562 g/mol. The first-order chi connectivity index (χ1) is 19.9. The van der Waals surface area contributed by atoms with Gasteiger partial charge in [0.2, 0.25) is 11.8 Å². The molecular formula is C33H46N4O4. The number of rotatable bonds is 14. The Bertz CT molecular complexity index is 1120. The normalized spacial score (nSPS) is 19.7. The Hall–Kier alpha value is -3.23. The number of nitrogens with one attached hydrogen (secondary N) is 1. The van der Waals surface area contributed by atoms with Crippen LogP contribution >= 0.6 is 0 Å². The van der Waals surface area contributed by atoms with Gasteiger partial charge in [0.15, 0.2) is 0 Å². The molecular weight excluding hydrogens is 516 g/mol. The van der Waals surface area contributed by atoms with Crippen molar-refractivity contribution in [3.05, 3.63) is 71.8 Å². The van der Waals surface area contributed by atoms with Gasteiger partial charge in [0.25, 0.3) is 0 Å². The number of esters is 1. The summed E-state index contributed by atoms with van der Waals surface area (Å²) in [7, 11) is 0. The van der Waals surface area contributed by atoms with Gasteiger partial charge in [-0.25, -0.2) is 0 Å². The Balaban J connectivity index is 1.23. The van der Waals surface area contributed by atoms with Crippen molar-refractivity contribution < 1.29 is 19.1 Å². The van der Waals surface area contributed by atoms with Crippen LogP contribution in [0.25, 0.3) is 0 Å². The van der Waals surface area contributed by atoms with Crippen molar-refractivity contribution in [2.75, 3.05) is 26.2 Å². The largest absolute Gasteiger partial charge is 0.461 e. The minimum Gasteiger partial charge on any atom is -0.461 e. The Morgan fingerprint density at radius 2 is 1.63 bits per heavy atom. The zero-order valence-corrected chi connectivity index (χ0v) is 24.4. The van der Waals surface area contributed by atoms with Gasteiger partial charge in [-0.05, 0) is 69.0 Å². The van der Waals surface area contributed by atoms with E-state index in [0.717, 1.165) is 50.9 Å². The fourth-order valence-corrected chi connectivity index (χ4v) is 6.09. The van der Waals surface area contributed by atoms with Crippen LogP contribution in [-0.4, -0.2) is 71.4 Å². The van der Waals surface area contributed by atoms with Crippen molar-refractivity contribution in [3.63, 3.8) is 0 Å². The third kappa shape index (κ3) is 8.17. The Morgan fingerprint density at radius 1 is 0.976 bits per heavy atom. The number of carbonyl (C=O) groups is 3. The Morgan fingerprint density at radius 3 is 2.29 bits per heavy atom. The number of hydrogen-bond acceptors (Lipinski definition) is 6. The van der Waals surface area contributed by atoms with Crippen LogP contribution in [0.3, 0.4) is 0 Å². The Labute approximate surface area is 244 Å². The number of nitrogens with zero attached hydrogens (tertiary/aromatic N) is 2. The van der Waals surface area contributed by atoms with Gasteiger partial charge in [-0.3, -0.25) is 14.4 Å². The van der Waals surface area contributed by atoms with Gasteiger partial charge < -0.3 is 25.6 Å². The molecule has 2 amide bonds. The molecule has 0 bridgehead atoms. The van der Waals surface area contributed by atoms with Gasteiger partial charge in [0.1, 0.15) is 18.2 Å². The maximum absolute atomic E-state index is 13.7. The highest BCUT2D eigenvalue weighted by atomic mass is 16.5. The molecule has 41 heavy (non-hydrogen) atoms. The molecule has 2 fully saturated rings. The first kappa shape index (κ1) is 30.7. The highest BCUT2D eigenvalue weighted by Crippen LogP contribution is 2.34. The predicted octanol–water partition coefficient (Wildman–Crippen LogP) is 3.82. The number of ether oxygens (including phenoxy) is 1. The van der Waals surface area contributed by atoms with Crippen molar-refractivity contribution in [2.45, 2.75) is 88.9 Å². The van der Waals surface area contributed by atoms with E-state index in [1.54, 1.807) is 0 Å². The van der Waals surface area contributed by atoms with Gasteiger partial charge >= 0.3 is 5.97 Å². The fourth-order valence-electron chi connectivity index (χ4n) is 6.09. The van der Waals surface area contributed by atoms with Crippen LogP contribution < -0.4 is 11.1 Å². The number of unbranched alkanes of at least 4 members (excludes halogenated alkanes) is 1. The predicted molar refractivity (Wildman–Crippen MR) is 160 cm³/mol. The average molecular weight is 563 g/mol. The molecule has 0 aliphatic carbocycles. The lowest BCUT2D eigenvalue weighted by Crippen LogP contribution is -2.75. The zero-order chi connectivity index (χ0) is 29.1. The second-order valence-corrected chi connectivity index (χ2v) is 11.5. The van der Waals surface area contributed by atoms with Crippen LogP contribution in [0.5, 0.6) is 0 Å². The van der Waals surface area contributed by atoms with Crippen molar-refractivity contribution in [1.29, 1.82) is 0 Å². The summed E-state index contributed by atoms with van der Waals surface area (Å²) in [6, 6.07) is 18.8. The number of piperidine rings is 1. The zero-order valence-electron chi connectivity index (χ0n) is 24.4. The molecule has 2 atom stereocenters. The SMILES string of the molecule is CCCN1C(=O)[C@@H](C(N)CCCC(=O)OCc2ccccc2)NC(=O)C12CCN(CCCCc1ccccc1)CC2. The number of nitrogens with two attached hydrogens (primary N) is 1. The Kier molecular flexibility index (Phi) is 11.3. The molecule has 8 heteroatoms. The lowest BCUT2D eigenvalue weighted by molar-refractivity contribution is -0.162. The molecule has 2 heterocycles. The van der Waals surface area contributed by atoms with Gasteiger partial charge in [-0.2, -0.15) is 0 Å². The molecule has 0 saturated carbocycles. The van der Waals surface area contributed by atoms with Crippen LogP contribution in [0.4, 0.5) is 0 Å². The van der Waals surface area contributed by atoms with E-state index in [2.05, 4.69) is 34.5 Å². The molecule has 0 radical (unpaired) electrons. The van der Waals surface area contributed by atoms with E-state index in [-0.39, 0.29) is 30.8 Å². The maximum atomic E-state index is 13.7. The molecule has 2 aliphatic rings. The summed E-state index contributed by atoms with van der Waals surface area (Å²) >= 11 is 0. The number of amides is 2. The molecule has 1 spiro atoms. The first-order valence-corrected chi connectivity index (χ1v) is 15.3. The third-order valence-electron chi connectivity index (χ3n) is 8.51. The van der Waals surface area contributed by atoms with Crippen LogP contribution in [0.15, 0.2) is 60.7 Å². The molecule has 222 valence electrons. The highest BCUT2D eigenvalue weighted by molar-refractivity contribution is 6.00. The van der Waals surface area contributed by atoms with Gasteiger partial charge in [-0.15, -0.1) is 0 Å². The van der Waals surface area contributed by atoms with Crippen molar-refractivity contribution >= 4 is 17.8 Å². The van der Waals surface area contributed by atoms with Crippen LogP contribution in [0, 0.1) is 0 Å². The molecule has 8 nitrogen and oxygen atoms in total. The van der Waals surface area contributed by atoms with Crippen LogP contribution in [0.2, 0.25) is 0 Å². The summed E-state index contributed by atoms with van der Waals surface area (Å²) in [5.74, 6) is -0.475. The second-order valence-electron chi connectivity index (χ2n) is 11.5. The van der Waals surface area contributed by atoms with Crippen molar-refractivity contribution in [2.24, 2.45) is 5.73 Å². The summed E-state index contributed by atoms with van der Waals surface area (Å²) in [5, 5.41) is 3.00. The number of likely N-dealkylation sites (tertiary alicyclic amines) is 1. The maximum Gasteiger partial charge on any atom is 0.306 e. The summed E-state index contributed by atoms with van der Waals surface area (Å²) in [4.78, 5) is 43.7. The van der Waals surface area contributed by atoms with Crippen molar-refractivity contribution in [3.8, 4) is 0 Å². The first-order valence-electron chi connectivity index (χ1n) is 15.3. The molecule has 3 N–H and O–H groups in total. The molecule has 2 aromatic carbocycles. The molecule has 2 aromatic rings. The lowest BCUT2D eigenvalue weighted by Gasteiger charge is -2.52. The average Bonchev–Trinajstić information content (AvgIpc) is 3.00. The van der Waals surface area contributed by atoms with E-state index in [4.69, 9.17) is 10.5 Å². The molecule has 1 unspecified atom stereocenters. The lowest BCUT2D eigenvalue weighted by atomic mass is 9.80. The van der Waals surface area contributed by atoms with Crippen LogP contribution in [-0.2, 0) is 32.1 Å². The van der Waals surface area contributed by atoms with Gasteiger partial charge in [0.05, 0.1) is 0 Å². The number of hydrogen-bond donors (Lipinski definition) is 2. The highest BCUT2D eigenvalue weighted by Gasteiger charge is 2.54. The van der Waals surface area contributed by atoms with Crippen LogP contribution in [0.1, 0.15) is 69.4 Å². The molecule has 2 saturated heterocycles. The number of benzene rings is 2. The fraction of sp³-hybridized carbons (Fsp3) is 0.545.